The Morgan fingerprint density at radius 3 is 2.57 bits per heavy atom. The number of fused-ring (bicyclic) bond motifs is 1. The number of allylic oxidation sites excluding steroid dienone is 1. The molecule has 0 bridgehead atoms. The number of benzene rings is 1. The van der Waals surface area contributed by atoms with Gasteiger partial charge in [-0.1, -0.05) is 24.3 Å². The van der Waals surface area contributed by atoms with Gasteiger partial charge in [0.2, 0.25) is 0 Å². The second kappa shape index (κ2) is 5.49. The van der Waals surface area contributed by atoms with Gasteiger partial charge in [-0.15, -0.1) is 0 Å². The second-order valence-corrected chi connectivity index (χ2v) is 5.16. The Labute approximate surface area is 126 Å². The first kappa shape index (κ1) is 13.5. The molecule has 2 amide bonds. The molecule has 0 aliphatic carbocycles. The first-order valence-electron chi connectivity index (χ1n) is 6.57. The molecule has 6 heteroatoms. The zero-order valence-electron chi connectivity index (χ0n) is 11.1. The van der Waals surface area contributed by atoms with Crippen molar-refractivity contribution in [2.24, 2.45) is 0 Å². The fourth-order valence-corrected chi connectivity index (χ4v) is 2.56. The molecule has 1 aliphatic rings. The zero-order chi connectivity index (χ0) is 14.8. The van der Waals surface area contributed by atoms with Crippen LogP contribution in [0.4, 0.5) is 0 Å². The molecule has 106 valence electrons. The van der Waals surface area contributed by atoms with Gasteiger partial charge in [-0.2, -0.15) is 0 Å². The van der Waals surface area contributed by atoms with E-state index in [0.29, 0.717) is 6.42 Å². The van der Waals surface area contributed by atoms with Gasteiger partial charge in [-0.05, 0) is 36.7 Å². The van der Waals surface area contributed by atoms with Crippen molar-refractivity contribution >= 4 is 40.0 Å². The summed E-state index contributed by atoms with van der Waals surface area (Å²) in [5.74, 6) is -0.884. The average Bonchev–Trinajstić information content (AvgIpc) is 2.85. The highest BCUT2D eigenvalue weighted by atomic mass is 32.1. The maximum absolute atomic E-state index is 11.7. The number of aryl methyl sites for hydroxylation is 1. The minimum absolute atomic E-state index is 0.0544. The number of aromatic amines is 1. The standard InChI is InChI=1S/C15H13N3O2S/c19-13-11(14(20)18-15(21)17-13)6-3-4-9-8-16-12-7-2-1-5-10(9)12/h1-2,5-8,16H,3-4H2,(H2,17,18,19,20,21). The highest BCUT2D eigenvalue weighted by Crippen LogP contribution is 2.19. The molecular weight excluding hydrogens is 286 g/mol. The lowest BCUT2D eigenvalue weighted by atomic mass is 10.1. The van der Waals surface area contributed by atoms with E-state index in [0.717, 1.165) is 22.9 Å². The van der Waals surface area contributed by atoms with Crippen LogP contribution in [0.2, 0.25) is 0 Å². The summed E-state index contributed by atoms with van der Waals surface area (Å²) >= 11 is 4.75. The van der Waals surface area contributed by atoms with Gasteiger partial charge in [-0.3, -0.25) is 20.2 Å². The van der Waals surface area contributed by atoms with Crippen molar-refractivity contribution in [3.05, 3.63) is 47.7 Å². The molecule has 21 heavy (non-hydrogen) atoms. The van der Waals surface area contributed by atoms with Crippen molar-refractivity contribution in [2.45, 2.75) is 12.8 Å². The summed E-state index contributed by atoms with van der Waals surface area (Å²) in [7, 11) is 0. The maximum atomic E-state index is 11.7. The SMILES string of the molecule is O=C1NC(=S)NC(=O)C1=CCCc1c[nH]c2ccccc12. The molecule has 0 saturated carbocycles. The van der Waals surface area contributed by atoms with E-state index in [-0.39, 0.29) is 10.7 Å². The summed E-state index contributed by atoms with van der Waals surface area (Å²) in [6.07, 6.45) is 4.96. The number of aromatic nitrogens is 1. The van der Waals surface area contributed by atoms with E-state index < -0.39 is 11.8 Å². The van der Waals surface area contributed by atoms with Crippen molar-refractivity contribution in [3.63, 3.8) is 0 Å². The Kier molecular flexibility index (Phi) is 3.53. The predicted molar refractivity (Wildman–Crippen MR) is 83.6 cm³/mol. The van der Waals surface area contributed by atoms with Crippen LogP contribution in [0.5, 0.6) is 0 Å². The van der Waals surface area contributed by atoms with Crippen LogP contribution < -0.4 is 10.6 Å². The third kappa shape index (κ3) is 2.71. The van der Waals surface area contributed by atoms with Crippen LogP contribution in [0.15, 0.2) is 42.1 Å². The number of para-hydroxylation sites is 1. The number of rotatable bonds is 3. The minimum Gasteiger partial charge on any atom is -0.361 e. The lowest BCUT2D eigenvalue weighted by Crippen LogP contribution is -2.51. The number of amides is 2. The summed E-state index contributed by atoms with van der Waals surface area (Å²) < 4.78 is 0. The van der Waals surface area contributed by atoms with Crippen LogP contribution in [0.1, 0.15) is 12.0 Å². The predicted octanol–water partition coefficient (Wildman–Crippen LogP) is 1.56. The Hall–Kier alpha value is -2.47. The fraction of sp³-hybridized carbons (Fsp3) is 0.133. The molecular formula is C15H13N3O2S. The summed E-state index contributed by atoms with van der Waals surface area (Å²) in [5, 5.41) is 6.05. The molecule has 1 aromatic carbocycles. The average molecular weight is 299 g/mol. The van der Waals surface area contributed by atoms with Crippen LogP contribution >= 0.6 is 12.2 Å². The van der Waals surface area contributed by atoms with Gasteiger partial charge in [0.25, 0.3) is 11.8 Å². The third-order valence-electron chi connectivity index (χ3n) is 3.38. The van der Waals surface area contributed by atoms with Crippen molar-refractivity contribution in [3.8, 4) is 0 Å². The van der Waals surface area contributed by atoms with E-state index >= 15 is 0 Å². The molecule has 1 aromatic heterocycles. The fourth-order valence-electron chi connectivity index (χ4n) is 2.37. The van der Waals surface area contributed by atoms with Crippen LogP contribution in [0.25, 0.3) is 10.9 Å². The molecule has 2 heterocycles. The molecule has 0 atom stereocenters. The number of carbonyl (C=O) groups is 2. The number of hydrogen-bond donors (Lipinski definition) is 3. The zero-order valence-corrected chi connectivity index (χ0v) is 11.9. The monoisotopic (exact) mass is 299 g/mol. The minimum atomic E-state index is -0.442. The van der Waals surface area contributed by atoms with E-state index in [9.17, 15) is 9.59 Å². The normalized spacial score (nSPS) is 15.0. The van der Waals surface area contributed by atoms with Gasteiger partial charge in [0.1, 0.15) is 5.57 Å². The van der Waals surface area contributed by atoms with Gasteiger partial charge in [0.15, 0.2) is 5.11 Å². The first-order valence-corrected chi connectivity index (χ1v) is 6.98. The van der Waals surface area contributed by atoms with Crippen LogP contribution in [-0.2, 0) is 16.0 Å². The van der Waals surface area contributed by atoms with Crippen molar-refractivity contribution < 1.29 is 9.59 Å². The Balaban J connectivity index is 1.73. The molecule has 1 aliphatic heterocycles. The van der Waals surface area contributed by atoms with Crippen molar-refractivity contribution in [1.29, 1.82) is 0 Å². The molecule has 3 N–H and O–H groups in total. The summed E-state index contributed by atoms with van der Waals surface area (Å²) in [6.45, 7) is 0. The van der Waals surface area contributed by atoms with Crippen LogP contribution in [0.3, 0.4) is 0 Å². The van der Waals surface area contributed by atoms with Crippen LogP contribution in [0, 0.1) is 0 Å². The van der Waals surface area contributed by atoms with Gasteiger partial charge in [0.05, 0.1) is 0 Å². The Bertz CT molecular complexity index is 754. The second-order valence-electron chi connectivity index (χ2n) is 4.75. The molecule has 0 unspecified atom stereocenters. The molecule has 1 fully saturated rings. The summed E-state index contributed by atoms with van der Waals surface area (Å²) in [6, 6.07) is 8.03. The van der Waals surface area contributed by atoms with Crippen LogP contribution in [-0.4, -0.2) is 21.9 Å². The van der Waals surface area contributed by atoms with E-state index in [1.807, 2.05) is 30.5 Å². The van der Waals surface area contributed by atoms with Gasteiger partial charge < -0.3 is 4.98 Å². The number of carbonyl (C=O) groups excluding carboxylic acids is 2. The lowest BCUT2D eigenvalue weighted by Gasteiger charge is -2.16. The van der Waals surface area contributed by atoms with Crippen molar-refractivity contribution in [1.82, 2.24) is 15.6 Å². The lowest BCUT2D eigenvalue weighted by molar-refractivity contribution is -0.123. The van der Waals surface area contributed by atoms with E-state index in [1.165, 1.54) is 0 Å². The third-order valence-corrected chi connectivity index (χ3v) is 3.58. The van der Waals surface area contributed by atoms with Crippen molar-refractivity contribution in [2.75, 3.05) is 0 Å². The summed E-state index contributed by atoms with van der Waals surface area (Å²) in [5.41, 5.74) is 2.36. The topological polar surface area (TPSA) is 74.0 Å². The maximum Gasteiger partial charge on any atom is 0.262 e. The molecule has 0 radical (unpaired) electrons. The van der Waals surface area contributed by atoms with E-state index in [2.05, 4.69) is 15.6 Å². The van der Waals surface area contributed by atoms with Gasteiger partial charge >= 0.3 is 0 Å². The number of hydrogen-bond acceptors (Lipinski definition) is 3. The molecule has 1 saturated heterocycles. The van der Waals surface area contributed by atoms with Gasteiger partial charge in [-0.25, -0.2) is 0 Å². The number of nitrogens with one attached hydrogen (secondary N) is 3. The molecule has 2 aromatic rings. The highest BCUT2D eigenvalue weighted by molar-refractivity contribution is 7.80. The number of H-pyrrole nitrogens is 1. The first-order chi connectivity index (χ1) is 10.1. The van der Waals surface area contributed by atoms with E-state index in [1.54, 1.807) is 6.08 Å². The Morgan fingerprint density at radius 2 is 1.81 bits per heavy atom. The molecule has 0 spiro atoms. The largest absolute Gasteiger partial charge is 0.361 e. The Morgan fingerprint density at radius 1 is 1.10 bits per heavy atom. The van der Waals surface area contributed by atoms with E-state index in [4.69, 9.17) is 12.2 Å². The quantitative estimate of drug-likeness (QED) is 0.457. The highest BCUT2D eigenvalue weighted by Gasteiger charge is 2.25. The molecule has 5 nitrogen and oxygen atoms in total. The number of thiocarbonyl (C=S) groups is 1. The van der Waals surface area contributed by atoms with Gasteiger partial charge in [0, 0.05) is 17.1 Å². The summed E-state index contributed by atoms with van der Waals surface area (Å²) in [4.78, 5) is 26.6. The smallest absolute Gasteiger partial charge is 0.262 e. The molecule has 3 rings (SSSR count).